The van der Waals surface area contributed by atoms with Crippen LogP contribution in [0.3, 0.4) is 0 Å². The molecule has 0 atom stereocenters. The standard InChI is InChI=1S/C13H21N3O2/c1-16(2)8-9-18-12-5-3-4-11(10-12)15-13(17)6-7-14/h3-5,10H,6-9,14H2,1-2H3,(H,15,17). The van der Waals surface area contributed by atoms with Crippen LogP contribution in [-0.2, 0) is 4.79 Å². The van der Waals surface area contributed by atoms with Crippen LogP contribution < -0.4 is 15.8 Å². The second-order valence-electron chi connectivity index (χ2n) is 4.27. The van der Waals surface area contributed by atoms with E-state index in [0.29, 0.717) is 19.6 Å². The molecule has 1 rings (SSSR count). The Labute approximate surface area is 108 Å². The molecule has 0 bridgehead atoms. The number of carbonyl (C=O) groups excluding carboxylic acids is 1. The van der Waals surface area contributed by atoms with Gasteiger partial charge in [-0.1, -0.05) is 6.07 Å². The third-order valence-electron chi connectivity index (χ3n) is 2.30. The number of likely N-dealkylation sites (N-methyl/N-ethyl adjacent to an activating group) is 1. The van der Waals surface area contributed by atoms with Gasteiger partial charge >= 0.3 is 0 Å². The maximum atomic E-state index is 11.4. The number of nitrogens with two attached hydrogens (primary N) is 1. The molecule has 5 heteroatoms. The minimum absolute atomic E-state index is 0.0806. The smallest absolute Gasteiger partial charge is 0.225 e. The zero-order valence-corrected chi connectivity index (χ0v) is 11.0. The first-order chi connectivity index (χ1) is 8.61. The van der Waals surface area contributed by atoms with Crippen LogP contribution in [0.15, 0.2) is 24.3 Å². The summed E-state index contributed by atoms with van der Waals surface area (Å²) in [4.78, 5) is 13.4. The number of rotatable bonds is 7. The van der Waals surface area contributed by atoms with Crippen LogP contribution in [0.25, 0.3) is 0 Å². The summed E-state index contributed by atoms with van der Waals surface area (Å²) >= 11 is 0. The van der Waals surface area contributed by atoms with Gasteiger partial charge in [0.05, 0.1) is 0 Å². The van der Waals surface area contributed by atoms with E-state index in [1.165, 1.54) is 0 Å². The van der Waals surface area contributed by atoms with Gasteiger partial charge in [-0.05, 0) is 26.2 Å². The van der Waals surface area contributed by atoms with Gasteiger partial charge in [-0.2, -0.15) is 0 Å². The summed E-state index contributed by atoms with van der Waals surface area (Å²) in [7, 11) is 3.99. The van der Waals surface area contributed by atoms with E-state index in [2.05, 4.69) is 5.32 Å². The molecular formula is C13H21N3O2. The highest BCUT2D eigenvalue weighted by Crippen LogP contribution is 2.17. The number of nitrogens with zero attached hydrogens (tertiary/aromatic N) is 1. The first kappa shape index (κ1) is 14.5. The zero-order valence-electron chi connectivity index (χ0n) is 11.0. The Morgan fingerprint density at radius 1 is 1.44 bits per heavy atom. The van der Waals surface area contributed by atoms with Gasteiger partial charge in [0.2, 0.25) is 5.91 Å². The molecule has 0 aromatic heterocycles. The first-order valence-corrected chi connectivity index (χ1v) is 5.99. The van der Waals surface area contributed by atoms with Crippen molar-refractivity contribution in [1.29, 1.82) is 0 Å². The number of hydrogen-bond acceptors (Lipinski definition) is 4. The van der Waals surface area contributed by atoms with E-state index in [9.17, 15) is 4.79 Å². The van der Waals surface area contributed by atoms with Gasteiger partial charge in [0, 0.05) is 31.3 Å². The lowest BCUT2D eigenvalue weighted by Crippen LogP contribution is -2.19. The molecule has 0 radical (unpaired) electrons. The number of amides is 1. The minimum Gasteiger partial charge on any atom is -0.492 e. The van der Waals surface area contributed by atoms with E-state index in [0.717, 1.165) is 18.0 Å². The van der Waals surface area contributed by atoms with Gasteiger partial charge in [-0.15, -0.1) is 0 Å². The highest BCUT2D eigenvalue weighted by molar-refractivity contribution is 5.90. The summed E-state index contributed by atoms with van der Waals surface area (Å²) in [6.07, 6.45) is 0.325. The van der Waals surface area contributed by atoms with Crippen molar-refractivity contribution in [1.82, 2.24) is 4.90 Å². The average molecular weight is 251 g/mol. The van der Waals surface area contributed by atoms with Crippen LogP contribution in [0.1, 0.15) is 6.42 Å². The quantitative estimate of drug-likeness (QED) is 0.756. The van der Waals surface area contributed by atoms with Crippen molar-refractivity contribution in [2.75, 3.05) is 39.1 Å². The molecule has 1 amide bonds. The van der Waals surface area contributed by atoms with Gasteiger partial charge in [0.25, 0.3) is 0 Å². The Balaban J connectivity index is 2.48. The summed E-state index contributed by atoms with van der Waals surface area (Å²) in [6, 6.07) is 7.36. The predicted octanol–water partition coefficient (Wildman–Crippen LogP) is 0.914. The Hall–Kier alpha value is -1.59. The predicted molar refractivity (Wildman–Crippen MR) is 72.8 cm³/mol. The number of carbonyl (C=O) groups is 1. The van der Waals surface area contributed by atoms with Gasteiger partial charge in [0.1, 0.15) is 12.4 Å². The molecule has 0 saturated carbocycles. The van der Waals surface area contributed by atoms with Crippen molar-refractivity contribution in [2.24, 2.45) is 5.73 Å². The molecule has 3 N–H and O–H groups in total. The van der Waals surface area contributed by atoms with Crippen LogP contribution in [0.2, 0.25) is 0 Å². The monoisotopic (exact) mass is 251 g/mol. The maximum Gasteiger partial charge on any atom is 0.225 e. The third-order valence-corrected chi connectivity index (χ3v) is 2.30. The summed E-state index contributed by atoms with van der Waals surface area (Å²) in [5.74, 6) is 0.672. The second-order valence-corrected chi connectivity index (χ2v) is 4.27. The third kappa shape index (κ3) is 5.65. The number of benzene rings is 1. The van der Waals surface area contributed by atoms with Crippen molar-refractivity contribution in [3.05, 3.63) is 24.3 Å². The molecule has 0 aliphatic rings. The highest BCUT2D eigenvalue weighted by Gasteiger charge is 2.02. The van der Waals surface area contributed by atoms with Crippen molar-refractivity contribution in [2.45, 2.75) is 6.42 Å². The lowest BCUT2D eigenvalue weighted by Gasteiger charge is -2.12. The molecule has 0 heterocycles. The minimum atomic E-state index is -0.0806. The van der Waals surface area contributed by atoms with Crippen molar-refractivity contribution < 1.29 is 9.53 Å². The van der Waals surface area contributed by atoms with Crippen molar-refractivity contribution in [3.8, 4) is 5.75 Å². The summed E-state index contributed by atoms with van der Waals surface area (Å²) in [5, 5.41) is 2.77. The molecule has 18 heavy (non-hydrogen) atoms. The Morgan fingerprint density at radius 2 is 2.22 bits per heavy atom. The maximum absolute atomic E-state index is 11.4. The van der Waals surface area contributed by atoms with Crippen molar-refractivity contribution >= 4 is 11.6 Å². The summed E-state index contributed by atoms with van der Waals surface area (Å²) in [6.45, 7) is 1.82. The number of anilines is 1. The molecule has 1 aromatic rings. The fourth-order valence-corrected chi connectivity index (χ4v) is 1.36. The summed E-state index contributed by atoms with van der Waals surface area (Å²) in [5.41, 5.74) is 6.05. The van der Waals surface area contributed by atoms with E-state index < -0.39 is 0 Å². The highest BCUT2D eigenvalue weighted by atomic mass is 16.5. The number of hydrogen-bond donors (Lipinski definition) is 2. The molecule has 100 valence electrons. The molecular weight excluding hydrogens is 230 g/mol. The Kier molecular flexibility index (Phi) is 6.18. The lowest BCUT2D eigenvalue weighted by atomic mass is 10.3. The number of nitrogens with one attached hydrogen (secondary N) is 1. The average Bonchev–Trinajstić information content (AvgIpc) is 2.29. The fourth-order valence-electron chi connectivity index (χ4n) is 1.36. The molecule has 5 nitrogen and oxygen atoms in total. The molecule has 0 fully saturated rings. The van der Waals surface area contributed by atoms with E-state index >= 15 is 0 Å². The molecule has 0 aliphatic heterocycles. The van der Waals surface area contributed by atoms with Gasteiger partial charge in [-0.25, -0.2) is 0 Å². The van der Waals surface area contributed by atoms with E-state index in [1.54, 1.807) is 0 Å². The van der Waals surface area contributed by atoms with Crippen molar-refractivity contribution in [3.63, 3.8) is 0 Å². The number of ether oxygens (including phenoxy) is 1. The van der Waals surface area contributed by atoms with Crippen LogP contribution in [0, 0.1) is 0 Å². The largest absolute Gasteiger partial charge is 0.492 e. The van der Waals surface area contributed by atoms with Gasteiger partial charge in [-0.3, -0.25) is 4.79 Å². The van der Waals surface area contributed by atoms with Gasteiger partial charge < -0.3 is 20.7 Å². The van der Waals surface area contributed by atoms with E-state index in [1.807, 2.05) is 43.3 Å². The molecule has 0 aliphatic carbocycles. The SMILES string of the molecule is CN(C)CCOc1cccc(NC(=O)CCN)c1. The first-order valence-electron chi connectivity index (χ1n) is 5.99. The van der Waals surface area contributed by atoms with E-state index in [4.69, 9.17) is 10.5 Å². The molecule has 0 unspecified atom stereocenters. The van der Waals surface area contributed by atoms with Crippen LogP contribution in [-0.4, -0.2) is 44.6 Å². The lowest BCUT2D eigenvalue weighted by molar-refractivity contribution is -0.116. The second kappa shape index (κ2) is 7.68. The molecule has 0 spiro atoms. The van der Waals surface area contributed by atoms with Gasteiger partial charge in [0.15, 0.2) is 0 Å². The zero-order chi connectivity index (χ0) is 13.4. The fraction of sp³-hybridized carbons (Fsp3) is 0.462. The normalized spacial score (nSPS) is 10.4. The van der Waals surface area contributed by atoms with Crippen LogP contribution in [0.5, 0.6) is 5.75 Å². The Bertz CT molecular complexity index is 380. The molecule has 0 saturated heterocycles. The Morgan fingerprint density at radius 3 is 2.89 bits per heavy atom. The topological polar surface area (TPSA) is 67.6 Å². The molecule has 1 aromatic carbocycles. The summed E-state index contributed by atoms with van der Waals surface area (Å²) < 4.78 is 5.58. The van der Waals surface area contributed by atoms with Crippen LogP contribution >= 0.6 is 0 Å². The van der Waals surface area contributed by atoms with E-state index in [-0.39, 0.29) is 5.91 Å². The van der Waals surface area contributed by atoms with Crippen LogP contribution in [0.4, 0.5) is 5.69 Å².